The second kappa shape index (κ2) is 9.26. The molecule has 1 aliphatic carbocycles. The van der Waals surface area contributed by atoms with Crippen LogP contribution in [0.5, 0.6) is 0 Å². The number of benzene rings is 1. The lowest BCUT2D eigenvalue weighted by atomic mass is 9.89. The lowest BCUT2D eigenvalue weighted by Crippen LogP contribution is -2.32. The van der Waals surface area contributed by atoms with Gasteiger partial charge in [0, 0.05) is 6.54 Å². The fourth-order valence-electron chi connectivity index (χ4n) is 2.96. The maximum Gasteiger partial charge on any atom is 0.0897 e. The summed E-state index contributed by atoms with van der Waals surface area (Å²) in [6, 6.07) is 8.51. The van der Waals surface area contributed by atoms with Crippen LogP contribution in [-0.4, -0.2) is 56.4 Å². The molecule has 0 aromatic heterocycles. The number of nitrogens with one attached hydrogen (secondary N) is 1. The van der Waals surface area contributed by atoms with Crippen molar-refractivity contribution in [3.05, 3.63) is 35.4 Å². The number of aryl methyl sites for hydroxylation is 1. The zero-order valence-electron chi connectivity index (χ0n) is 13.9. The van der Waals surface area contributed by atoms with Crippen molar-refractivity contribution in [1.29, 1.82) is 0 Å². The average molecular weight is 306 g/mol. The van der Waals surface area contributed by atoms with Gasteiger partial charge in [0.2, 0.25) is 0 Å². The first-order chi connectivity index (χ1) is 10.7. The molecule has 2 atom stereocenters. The summed E-state index contributed by atoms with van der Waals surface area (Å²) in [5.74, 6) is 0. The van der Waals surface area contributed by atoms with Gasteiger partial charge in [0.1, 0.15) is 0 Å². The first-order valence-corrected chi connectivity index (χ1v) is 8.39. The van der Waals surface area contributed by atoms with Crippen LogP contribution in [0, 0.1) is 0 Å². The molecule has 0 saturated heterocycles. The van der Waals surface area contributed by atoms with Crippen LogP contribution in [0.1, 0.15) is 36.5 Å². The fourth-order valence-corrected chi connectivity index (χ4v) is 2.96. The van der Waals surface area contributed by atoms with Crippen LogP contribution in [-0.2, 0) is 11.2 Å². The van der Waals surface area contributed by atoms with Crippen molar-refractivity contribution in [1.82, 2.24) is 10.2 Å². The number of hydrogen-bond donors (Lipinski definition) is 2. The van der Waals surface area contributed by atoms with Crippen LogP contribution in [0.15, 0.2) is 24.3 Å². The van der Waals surface area contributed by atoms with Crippen molar-refractivity contribution in [3.63, 3.8) is 0 Å². The van der Waals surface area contributed by atoms with Crippen molar-refractivity contribution in [3.8, 4) is 0 Å². The molecule has 4 heteroatoms. The molecule has 0 radical (unpaired) electrons. The van der Waals surface area contributed by atoms with E-state index in [0.29, 0.717) is 13.2 Å². The van der Waals surface area contributed by atoms with Crippen molar-refractivity contribution in [2.75, 3.05) is 40.3 Å². The first kappa shape index (κ1) is 17.4. The molecule has 1 aromatic carbocycles. The summed E-state index contributed by atoms with van der Waals surface area (Å²) in [5, 5.41) is 13.3. The van der Waals surface area contributed by atoms with E-state index >= 15 is 0 Å². The summed E-state index contributed by atoms with van der Waals surface area (Å²) in [5.41, 5.74) is 2.70. The average Bonchev–Trinajstić information content (AvgIpc) is 2.52. The zero-order chi connectivity index (χ0) is 15.8. The van der Waals surface area contributed by atoms with Crippen LogP contribution in [0.2, 0.25) is 0 Å². The molecule has 124 valence electrons. The Morgan fingerprint density at radius 2 is 2.18 bits per heavy atom. The molecule has 0 unspecified atom stereocenters. The lowest BCUT2D eigenvalue weighted by Gasteiger charge is -2.26. The van der Waals surface area contributed by atoms with Gasteiger partial charge in [0.15, 0.2) is 0 Å². The number of fused-ring (bicyclic) bond motifs is 1. The lowest BCUT2D eigenvalue weighted by molar-refractivity contribution is -0.0166. The number of nitrogens with zero attached hydrogens (tertiary/aromatic N) is 1. The predicted octanol–water partition coefficient (Wildman–Crippen LogP) is 1.98. The highest BCUT2D eigenvalue weighted by Crippen LogP contribution is 2.32. The highest BCUT2D eigenvalue weighted by atomic mass is 16.5. The SMILES string of the molecule is CN(C)CCCNC[C@@H](O)CO[C@@H]1CCCc2ccccc21. The molecule has 0 amide bonds. The monoisotopic (exact) mass is 306 g/mol. The summed E-state index contributed by atoms with van der Waals surface area (Å²) in [6.07, 6.45) is 4.17. The minimum Gasteiger partial charge on any atom is -0.389 e. The Bertz CT molecular complexity index is 437. The molecule has 1 aromatic rings. The maximum absolute atomic E-state index is 10.0. The molecule has 2 rings (SSSR count). The molecular formula is C18H30N2O2. The Kier molecular flexibility index (Phi) is 7.33. The van der Waals surface area contributed by atoms with Gasteiger partial charge in [-0.25, -0.2) is 0 Å². The normalized spacial score (nSPS) is 19.2. The molecule has 0 fully saturated rings. The van der Waals surface area contributed by atoms with Gasteiger partial charge in [-0.1, -0.05) is 24.3 Å². The fraction of sp³-hybridized carbons (Fsp3) is 0.667. The summed E-state index contributed by atoms with van der Waals surface area (Å²) < 4.78 is 5.97. The van der Waals surface area contributed by atoms with E-state index in [2.05, 4.69) is 48.6 Å². The second-order valence-corrected chi connectivity index (χ2v) is 6.43. The maximum atomic E-state index is 10.0. The van der Waals surface area contributed by atoms with Crippen LogP contribution in [0.25, 0.3) is 0 Å². The Morgan fingerprint density at radius 3 is 3.00 bits per heavy atom. The van der Waals surface area contributed by atoms with E-state index < -0.39 is 6.10 Å². The topological polar surface area (TPSA) is 44.7 Å². The van der Waals surface area contributed by atoms with Crippen molar-refractivity contribution >= 4 is 0 Å². The molecule has 1 aliphatic rings. The van der Waals surface area contributed by atoms with Crippen molar-refractivity contribution in [2.45, 2.75) is 37.9 Å². The van der Waals surface area contributed by atoms with Crippen LogP contribution < -0.4 is 5.32 Å². The van der Waals surface area contributed by atoms with E-state index in [0.717, 1.165) is 32.4 Å². The van der Waals surface area contributed by atoms with Gasteiger partial charge in [0.05, 0.1) is 18.8 Å². The van der Waals surface area contributed by atoms with E-state index in [4.69, 9.17) is 4.74 Å². The highest BCUT2D eigenvalue weighted by Gasteiger charge is 2.21. The van der Waals surface area contributed by atoms with Gasteiger partial charge in [-0.15, -0.1) is 0 Å². The van der Waals surface area contributed by atoms with E-state index in [9.17, 15) is 5.11 Å². The molecule has 0 saturated carbocycles. The van der Waals surface area contributed by atoms with Gasteiger partial charge >= 0.3 is 0 Å². The van der Waals surface area contributed by atoms with Gasteiger partial charge in [0.25, 0.3) is 0 Å². The van der Waals surface area contributed by atoms with E-state index in [1.54, 1.807) is 0 Å². The molecular weight excluding hydrogens is 276 g/mol. The highest BCUT2D eigenvalue weighted by molar-refractivity contribution is 5.31. The number of rotatable bonds is 9. The largest absolute Gasteiger partial charge is 0.389 e. The third-order valence-electron chi connectivity index (χ3n) is 4.14. The molecule has 2 N–H and O–H groups in total. The van der Waals surface area contributed by atoms with Gasteiger partial charge in [-0.05, 0) is 64.0 Å². The predicted molar refractivity (Wildman–Crippen MR) is 90.1 cm³/mol. The number of aliphatic hydroxyl groups excluding tert-OH is 1. The molecule has 0 spiro atoms. The van der Waals surface area contributed by atoms with Crippen LogP contribution in [0.3, 0.4) is 0 Å². The Balaban J connectivity index is 1.66. The molecule has 4 nitrogen and oxygen atoms in total. The van der Waals surface area contributed by atoms with Gasteiger partial charge in [-0.2, -0.15) is 0 Å². The van der Waals surface area contributed by atoms with Crippen LogP contribution >= 0.6 is 0 Å². The first-order valence-electron chi connectivity index (χ1n) is 8.39. The third-order valence-corrected chi connectivity index (χ3v) is 4.14. The molecule has 0 aliphatic heterocycles. The quantitative estimate of drug-likeness (QED) is 0.685. The van der Waals surface area contributed by atoms with E-state index in [1.165, 1.54) is 17.5 Å². The molecule has 22 heavy (non-hydrogen) atoms. The Hall–Kier alpha value is -0.940. The summed E-state index contributed by atoms with van der Waals surface area (Å²) in [7, 11) is 4.15. The number of hydrogen-bond acceptors (Lipinski definition) is 4. The Morgan fingerprint density at radius 1 is 1.36 bits per heavy atom. The molecule has 0 heterocycles. The summed E-state index contributed by atoms with van der Waals surface area (Å²) in [4.78, 5) is 2.17. The molecule has 0 bridgehead atoms. The third kappa shape index (κ3) is 5.69. The van der Waals surface area contributed by atoms with Crippen molar-refractivity contribution < 1.29 is 9.84 Å². The Labute approximate surface area is 134 Å². The number of aliphatic hydroxyl groups is 1. The number of ether oxygens (including phenoxy) is 1. The van der Waals surface area contributed by atoms with Crippen LogP contribution in [0.4, 0.5) is 0 Å². The van der Waals surface area contributed by atoms with E-state index in [1.807, 2.05) is 0 Å². The minimum atomic E-state index is -0.437. The summed E-state index contributed by atoms with van der Waals surface area (Å²) >= 11 is 0. The zero-order valence-corrected chi connectivity index (χ0v) is 13.9. The minimum absolute atomic E-state index is 0.147. The van der Waals surface area contributed by atoms with Crippen molar-refractivity contribution in [2.24, 2.45) is 0 Å². The second-order valence-electron chi connectivity index (χ2n) is 6.43. The van der Waals surface area contributed by atoms with Gasteiger partial charge in [-0.3, -0.25) is 0 Å². The standard InChI is InChI=1S/C18H30N2O2/c1-20(2)12-6-11-19-13-16(21)14-22-18-10-5-8-15-7-3-4-9-17(15)18/h3-4,7,9,16,18-19,21H,5-6,8,10-14H2,1-2H3/t16-,18-/m1/s1. The van der Waals surface area contributed by atoms with E-state index in [-0.39, 0.29) is 6.10 Å². The smallest absolute Gasteiger partial charge is 0.0897 e. The summed E-state index contributed by atoms with van der Waals surface area (Å²) in [6.45, 7) is 3.00. The van der Waals surface area contributed by atoms with Gasteiger partial charge < -0.3 is 20.1 Å².